The SMILES string of the molecule is Cn1ncc2c(Br)cc(N)cc21. The van der Waals surface area contributed by atoms with Gasteiger partial charge in [-0.05, 0) is 28.1 Å². The van der Waals surface area contributed by atoms with Crippen molar-refractivity contribution in [1.29, 1.82) is 0 Å². The molecule has 0 fully saturated rings. The summed E-state index contributed by atoms with van der Waals surface area (Å²) in [4.78, 5) is 0. The first-order valence-electron chi connectivity index (χ1n) is 3.55. The van der Waals surface area contributed by atoms with E-state index in [0.29, 0.717) is 0 Å². The third kappa shape index (κ3) is 0.992. The molecule has 0 saturated heterocycles. The van der Waals surface area contributed by atoms with Crippen molar-refractivity contribution in [3.8, 4) is 0 Å². The first-order chi connectivity index (χ1) is 5.68. The van der Waals surface area contributed by atoms with Gasteiger partial charge >= 0.3 is 0 Å². The maximum absolute atomic E-state index is 5.68. The molecular formula is C8H8BrN3. The van der Waals surface area contributed by atoms with Crippen LogP contribution in [-0.4, -0.2) is 9.78 Å². The number of nitrogens with two attached hydrogens (primary N) is 1. The summed E-state index contributed by atoms with van der Waals surface area (Å²) in [7, 11) is 1.90. The Morgan fingerprint density at radius 1 is 1.50 bits per heavy atom. The standard InChI is InChI=1S/C8H8BrN3/c1-12-8-3-5(10)2-7(9)6(8)4-11-12/h2-4H,10H2,1H3. The quantitative estimate of drug-likeness (QED) is 0.697. The second-order valence-corrected chi connectivity index (χ2v) is 3.56. The number of hydrogen-bond acceptors (Lipinski definition) is 2. The number of benzene rings is 1. The van der Waals surface area contributed by atoms with Crippen LogP contribution >= 0.6 is 15.9 Å². The second-order valence-electron chi connectivity index (χ2n) is 2.70. The van der Waals surface area contributed by atoms with Crippen LogP contribution in [0.5, 0.6) is 0 Å². The van der Waals surface area contributed by atoms with Crippen LogP contribution in [0.15, 0.2) is 22.8 Å². The van der Waals surface area contributed by atoms with Crippen LogP contribution in [0.25, 0.3) is 10.9 Å². The molecule has 12 heavy (non-hydrogen) atoms. The van der Waals surface area contributed by atoms with Crippen LogP contribution in [-0.2, 0) is 7.05 Å². The molecular weight excluding hydrogens is 218 g/mol. The molecule has 0 amide bonds. The molecule has 4 heteroatoms. The van der Waals surface area contributed by atoms with Gasteiger partial charge in [-0.2, -0.15) is 5.10 Å². The third-order valence-electron chi connectivity index (χ3n) is 1.84. The molecule has 1 heterocycles. The summed E-state index contributed by atoms with van der Waals surface area (Å²) in [5.74, 6) is 0. The van der Waals surface area contributed by atoms with E-state index in [9.17, 15) is 0 Å². The predicted octanol–water partition coefficient (Wildman–Crippen LogP) is 1.92. The number of rotatable bonds is 0. The van der Waals surface area contributed by atoms with Crippen molar-refractivity contribution >= 4 is 32.5 Å². The Morgan fingerprint density at radius 2 is 2.25 bits per heavy atom. The highest BCUT2D eigenvalue weighted by Crippen LogP contribution is 2.25. The van der Waals surface area contributed by atoms with Crippen molar-refractivity contribution in [2.75, 3.05) is 5.73 Å². The number of aryl methyl sites for hydroxylation is 1. The first-order valence-corrected chi connectivity index (χ1v) is 4.34. The molecule has 3 nitrogen and oxygen atoms in total. The summed E-state index contributed by atoms with van der Waals surface area (Å²) in [6.45, 7) is 0. The van der Waals surface area contributed by atoms with E-state index < -0.39 is 0 Å². The Hall–Kier alpha value is -1.03. The van der Waals surface area contributed by atoms with Gasteiger partial charge in [-0.1, -0.05) is 0 Å². The average molecular weight is 226 g/mol. The van der Waals surface area contributed by atoms with Gasteiger partial charge < -0.3 is 5.73 Å². The maximum atomic E-state index is 5.68. The summed E-state index contributed by atoms with van der Waals surface area (Å²) < 4.78 is 2.79. The highest BCUT2D eigenvalue weighted by molar-refractivity contribution is 9.10. The largest absolute Gasteiger partial charge is 0.399 e. The molecule has 0 aliphatic heterocycles. The van der Waals surface area contributed by atoms with Crippen LogP contribution in [0.1, 0.15) is 0 Å². The molecule has 0 bridgehead atoms. The molecule has 0 aliphatic carbocycles. The van der Waals surface area contributed by atoms with Crippen LogP contribution in [0.2, 0.25) is 0 Å². The van der Waals surface area contributed by atoms with Gasteiger partial charge in [0, 0.05) is 22.6 Å². The van der Waals surface area contributed by atoms with Crippen molar-refractivity contribution in [1.82, 2.24) is 9.78 Å². The zero-order valence-electron chi connectivity index (χ0n) is 6.58. The molecule has 0 saturated carbocycles. The van der Waals surface area contributed by atoms with Gasteiger partial charge in [0.2, 0.25) is 0 Å². The van der Waals surface area contributed by atoms with E-state index in [4.69, 9.17) is 5.73 Å². The topological polar surface area (TPSA) is 43.8 Å². The molecule has 1 aromatic carbocycles. The van der Waals surface area contributed by atoms with Gasteiger partial charge in [-0.25, -0.2) is 0 Å². The molecule has 0 radical (unpaired) electrons. The second kappa shape index (κ2) is 2.48. The van der Waals surface area contributed by atoms with Gasteiger partial charge in [0.1, 0.15) is 0 Å². The molecule has 2 aromatic rings. The van der Waals surface area contributed by atoms with E-state index in [2.05, 4.69) is 21.0 Å². The summed E-state index contributed by atoms with van der Waals surface area (Å²) in [6.07, 6.45) is 1.82. The number of anilines is 1. The molecule has 0 atom stereocenters. The number of hydrogen-bond donors (Lipinski definition) is 1. The van der Waals surface area contributed by atoms with Crippen molar-refractivity contribution in [3.63, 3.8) is 0 Å². The molecule has 1 aromatic heterocycles. The fourth-order valence-corrected chi connectivity index (χ4v) is 1.80. The van der Waals surface area contributed by atoms with E-state index in [0.717, 1.165) is 21.1 Å². The summed E-state index contributed by atoms with van der Waals surface area (Å²) in [5, 5.41) is 5.22. The Labute approximate surface area is 78.3 Å². The van der Waals surface area contributed by atoms with E-state index in [-0.39, 0.29) is 0 Å². The normalized spacial score (nSPS) is 10.8. The average Bonchev–Trinajstić information content (AvgIpc) is 2.33. The smallest absolute Gasteiger partial charge is 0.0710 e. The van der Waals surface area contributed by atoms with Crippen LogP contribution in [0.3, 0.4) is 0 Å². The molecule has 0 spiro atoms. The number of fused-ring (bicyclic) bond motifs is 1. The lowest BCUT2D eigenvalue weighted by molar-refractivity contribution is 0.797. The van der Waals surface area contributed by atoms with Gasteiger partial charge in [-0.3, -0.25) is 4.68 Å². The highest BCUT2D eigenvalue weighted by Gasteiger charge is 2.03. The van der Waals surface area contributed by atoms with Crippen molar-refractivity contribution in [2.24, 2.45) is 7.05 Å². The zero-order chi connectivity index (χ0) is 8.72. The maximum Gasteiger partial charge on any atom is 0.0710 e. The lowest BCUT2D eigenvalue weighted by Gasteiger charge is -1.98. The zero-order valence-corrected chi connectivity index (χ0v) is 8.17. The molecule has 62 valence electrons. The summed E-state index contributed by atoms with van der Waals surface area (Å²) in [6, 6.07) is 3.79. The van der Waals surface area contributed by atoms with Crippen molar-refractivity contribution < 1.29 is 0 Å². The van der Waals surface area contributed by atoms with Crippen molar-refractivity contribution in [3.05, 3.63) is 22.8 Å². The van der Waals surface area contributed by atoms with Gasteiger partial charge in [0.15, 0.2) is 0 Å². The number of aromatic nitrogens is 2. The highest BCUT2D eigenvalue weighted by atomic mass is 79.9. The molecule has 2 N–H and O–H groups in total. The first kappa shape index (κ1) is 7.61. The molecule has 2 rings (SSSR count). The minimum absolute atomic E-state index is 0.748. The minimum Gasteiger partial charge on any atom is -0.399 e. The fraction of sp³-hybridized carbons (Fsp3) is 0.125. The van der Waals surface area contributed by atoms with Crippen LogP contribution in [0.4, 0.5) is 5.69 Å². The number of halogens is 1. The fourth-order valence-electron chi connectivity index (χ4n) is 1.23. The third-order valence-corrected chi connectivity index (χ3v) is 2.49. The van der Waals surface area contributed by atoms with Crippen LogP contribution in [0, 0.1) is 0 Å². The molecule has 0 aliphatic rings. The van der Waals surface area contributed by atoms with Gasteiger partial charge in [0.25, 0.3) is 0 Å². The predicted molar refractivity (Wildman–Crippen MR) is 52.8 cm³/mol. The van der Waals surface area contributed by atoms with Crippen LogP contribution < -0.4 is 5.73 Å². The summed E-state index contributed by atoms with van der Waals surface area (Å²) in [5.41, 5.74) is 7.47. The van der Waals surface area contributed by atoms with Crippen molar-refractivity contribution in [2.45, 2.75) is 0 Å². The summed E-state index contributed by atoms with van der Waals surface area (Å²) >= 11 is 3.43. The molecule has 0 unspecified atom stereocenters. The number of nitrogen functional groups attached to an aromatic ring is 1. The van der Waals surface area contributed by atoms with E-state index in [1.165, 1.54) is 0 Å². The lowest BCUT2D eigenvalue weighted by atomic mass is 10.2. The monoisotopic (exact) mass is 225 g/mol. The van der Waals surface area contributed by atoms with E-state index >= 15 is 0 Å². The Balaban J connectivity index is 2.92. The minimum atomic E-state index is 0.748. The van der Waals surface area contributed by atoms with Gasteiger partial charge in [-0.15, -0.1) is 0 Å². The Kier molecular flexibility index (Phi) is 1.58. The number of nitrogens with zero attached hydrogens (tertiary/aromatic N) is 2. The Morgan fingerprint density at radius 3 is 3.00 bits per heavy atom. The van der Waals surface area contributed by atoms with E-state index in [1.807, 2.05) is 25.4 Å². The lowest BCUT2D eigenvalue weighted by Crippen LogP contribution is -1.90. The van der Waals surface area contributed by atoms with E-state index in [1.54, 1.807) is 4.68 Å². The Bertz CT molecular complexity index is 433. The van der Waals surface area contributed by atoms with Gasteiger partial charge in [0.05, 0.1) is 11.7 Å².